The molecule has 2 aromatic heterocycles. The Labute approximate surface area is 212 Å². The van der Waals surface area contributed by atoms with Gasteiger partial charge in [0.05, 0.1) is 30.8 Å². The first kappa shape index (κ1) is 23.0. The molecule has 1 saturated heterocycles. The number of anilines is 2. The Hall–Kier alpha value is -4.44. The van der Waals surface area contributed by atoms with Gasteiger partial charge in [-0.15, -0.1) is 5.10 Å². The number of fused-ring (bicyclic) bond motifs is 1. The third-order valence-corrected chi connectivity index (χ3v) is 6.32. The van der Waals surface area contributed by atoms with Gasteiger partial charge in [0.15, 0.2) is 17.6 Å². The van der Waals surface area contributed by atoms with Crippen LogP contribution in [0.3, 0.4) is 0 Å². The number of pyridine rings is 1. The monoisotopic (exact) mass is 498 g/mol. The first-order valence-electron chi connectivity index (χ1n) is 12.0. The standard InChI is InChI=1S/C27H23FN6O3/c28-19-15-21(34-10-12-36-13-11-34)24(29-16-19)26-32-33-27(37-26)31-25-22(35)14-18-8-4-5-9-20(18)23(30-25)17-6-2-1-3-7-17/h1-9,15-16,25H,10-14H2,(H,31,33). The van der Waals surface area contributed by atoms with Crippen LogP contribution in [0.4, 0.5) is 16.1 Å². The van der Waals surface area contributed by atoms with E-state index in [1.165, 1.54) is 6.07 Å². The molecule has 0 spiro atoms. The quantitative estimate of drug-likeness (QED) is 0.446. The number of nitrogens with one attached hydrogen (secondary N) is 1. The molecule has 0 radical (unpaired) electrons. The number of hydrogen-bond donors (Lipinski definition) is 1. The summed E-state index contributed by atoms with van der Waals surface area (Å²) in [5.41, 5.74) is 4.31. The summed E-state index contributed by atoms with van der Waals surface area (Å²) >= 11 is 0. The lowest BCUT2D eigenvalue weighted by molar-refractivity contribution is -0.119. The fourth-order valence-electron chi connectivity index (χ4n) is 4.53. The molecule has 0 aliphatic carbocycles. The molecule has 4 aromatic rings. The van der Waals surface area contributed by atoms with Crippen LogP contribution in [0.5, 0.6) is 0 Å². The van der Waals surface area contributed by atoms with E-state index in [-0.39, 0.29) is 24.1 Å². The third-order valence-electron chi connectivity index (χ3n) is 6.32. The summed E-state index contributed by atoms with van der Waals surface area (Å²) in [7, 11) is 0. The number of morpholine rings is 1. The van der Waals surface area contributed by atoms with Crippen LogP contribution in [0.25, 0.3) is 11.6 Å². The van der Waals surface area contributed by atoms with Crippen LogP contribution in [-0.4, -0.2) is 59.1 Å². The van der Waals surface area contributed by atoms with Crippen molar-refractivity contribution in [1.82, 2.24) is 15.2 Å². The minimum absolute atomic E-state index is 0.0227. The number of carbonyl (C=O) groups excluding carboxylic acids is 1. The molecule has 4 heterocycles. The number of aromatic nitrogens is 3. The van der Waals surface area contributed by atoms with E-state index >= 15 is 0 Å². The van der Waals surface area contributed by atoms with Gasteiger partial charge in [-0.2, -0.15) is 0 Å². The molecule has 6 rings (SSSR count). The molecule has 2 aliphatic rings. The van der Waals surface area contributed by atoms with E-state index < -0.39 is 12.0 Å². The molecule has 2 aromatic carbocycles. The molecule has 0 bridgehead atoms. The zero-order valence-electron chi connectivity index (χ0n) is 19.8. The van der Waals surface area contributed by atoms with Crippen molar-refractivity contribution in [2.45, 2.75) is 12.6 Å². The van der Waals surface area contributed by atoms with Gasteiger partial charge in [0.2, 0.25) is 0 Å². The summed E-state index contributed by atoms with van der Waals surface area (Å²) < 4.78 is 25.3. The molecular formula is C27H23FN6O3. The Morgan fingerprint density at radius 1 is 1.00 bits per heavy atom. The highest BCUT2D eigenvalue weighted by atomic mass is 19.1. The van der Waals surface area contributed by atoms with Crippen molar-refractivity contribution in [3.05, 3.63) is 89.4 Å². The number of aliphatic imine (C=N–C) groups is 1. The molecule has 1 fully saturated rings. The van der Waals surface area contributed by atoms with Crippen LogP contribution in [0.1, 0.15) is 16.7 Å². The molecule has 186 valence electrons. The van der Waals surface area contributed by atoms with Gasteiger partial charge in [0.1, 0.15) is 5.82 Å². The van der Waals surface area contributed by atoms with Gasteiger partial charge in [0.25, 0.3) is 5.89 Å². The number of Topliss-reactive ketones (excluding diaryl/α,β-unsaturated/α-hetero) is 1. The largest absolute Gasteiger partial charge is 0.402 e. The Balaban J connectivity index is 1.32. The van der Waals surface area contributed by atoms with E-state index in [1.807, 2.05) is 59.5 Å². The highest BCUT2D eigenvalue weighted by Gasteiger charge is 2.28. The maximum Gasteiger partial charge on any atom is 0.317 e. The summed E-state index contributed by atoms with van der Waals surface area (Å²) in [5, 5.41) is 11.2. The van der Waals surface area contributed by atoms with E-state index in [2.05, 4.69) is 20.5 Å². The van der Waals surface area contributed by atoms with Gasteiger partial charge in [-0.25, -0.2) is 9.37 Å². The van der Waals surface area contributed by atoms with Gasteiger partial charge < -0.3 is 19.4 Å². The molecule has 10 heteroatoms. The predicted octanol–water partition coefficient (Wildman–Crippen LogP) is 3.51. The smallest absolute Gasteiger partial charge is 0.317 e. The molecule has 1 atom stereocenters. The van der Waals surface area contributed by atoms with E-state index in [4.69, 9.17) is 14.1 Å². The zero-order chi connectivity index (χ0) is 25.2. The van der Waals surface area contributed by atoms with E-state index in [0.717, 1.165) is 22.9 Å². The second-order valence-electron chi connectivity index (χ2n) is 8.72. The van der Waals surface area contributed by atoms with Crippen molar-refractivity contribution in [1.29, 1.82) is 0 Å². The number of benzene rings is 2. The summed E-state index contributed by atoms with van der Waals surface area (Å²) in [6.07, 6.45) is 0.379. The number of carbonyl (C=O) groups is 1. The number of rotatable bonds is 5. The Kier molecular flexibility index (Phi) is 6.15. The lowest BCUT2D eigenvalue weighted by Gasteiger charge is -2.29. The minimum atomic E-state index is -0.934. The number of ketones is 1. The fourth-order valence-corrected chi connectivity index (χ4v) is 4.53. The molecule has 1 unspecified atom stereocenters. The lowest BCUT2D eigenvalue weighted by atomic mass is 9.96. The second kappa shape index (κ2) is 9.90. The SMILES string of the molecule is O=C1Cc2ccccc2C(c2ccccc2)=NC1Nc1nnc(-c2ncc(F)cc2N2CCOCC2)o1. The summed E-state index contributed by atoms with van der Waals surface area (Å²) in [6, 6.07) is 18.9. The van der Waals surface area contributed by atoms with Crippen LogP contribution in [0, 0.1) is 5.82 Å². The molecule has 0 amide bonds. The summed E-state index contributed by atoms with van der Waals surface area (Å²) in [5.74, 6) is -0.484. The second-order valence-corrected chi connectivity index (χ2v) is 8.72. The maximum atomic E-state index is 14.1. The number of halogens is 1. The molecule has 9 nitrogen and oxygen atoms in total. The average Bonchev–Trinajstić information content (AvgIpc) is 3.35. The van der Waals surface area contributed by atoms with Crippen LogP contribution >= 0.6 is 0 Å². The van der Waals surface area contributed by atoms with Crippen molar-refractivity contribution in [3.63, 3.8) is 0 Å². The van der Waals surface area contributed by atoms with Crippen molar-refractivity contribution >= 4 is 23.2 Å². The van der Waals surface area contributed by atoms with Crippen molar-refractivity contribution in [2.24, 2.45) is 4.99 Å². The molecule has 1 N–H and O–H groups in total. The fraction of sp³-hybridized carbons (Fsp3) is 0.222. The Bertz CT molecular complexity index is 1470. The highest BCUT2D eigenvalue weighted by Crippen LogP contribution is 2.30. The Morgan fingerprint density at radius 2 is 1.78 bits per heavy atom. The van der Waals surface area contributed by atoms with Gasteiger partial charge in [-0.3, -0.25) is 9.79 Å². The van der Waals surface area contributed by atoms with E-state index in [9.17, 15) is 9.18 Å². The first-order chi connectivity index (χ1) is 18.2. The molecule has 0 saturated carbocycles. The summed E-state index contributed by atoms with van der Waals surface area (Å²) in [6.45, 7) is 2.23. The Morgan fingerprint density at radius 3 is 2.62 bits per heavy atom. The number of nitrogens with zero attached hydrogens (tertiary/aromatic N) is 5. The van der Waals surface area contributed by atoms with Crippen LogP contribution in [0.2, 0.25) is 0 Å². The zero-order valence-corrected chi connectivity index (χ0v) is 19.8. The highest BCUT2D eigenvalue weighted by molar-refractivity contribution is 6.16. The molecular weight excluding hydrogens is 475 g/mol. The van der Waals surface area contributed by atoms with Crippen LogP contribution < -0.4 is 10.2 Å². The summed E-state index contributed by atoms with van der Waals surface area (Å²) in [4.78, 5) is 24.2. The topological polar surface area (TPSA) is 106 Å². The molecule has 2 aliphatic heterocycles. The van der Waals surface area contributed by atoms with Crippen molar-refractivity contribution in [3.8, 4) is 11.6 Å². The van der Waals surface area contributed by atoms with E-state index in [1.54, 1.807) is 0 Å². The predicted molar refractivity (Wildman–Crippen MR) is 135 cm³/mol. The first-order valence-corrected chi connectivity index (χ1v) is 12.0. The number of ether oxygens (including phenoxy) is 1. The normalized spacial score (nSPS) is 17.6. The maximum absolute atomic E-state index is 14.1. The van der Waals surface area contributed by atoms with Crippen molar-refractivity contribution < 1.29 is 18.3 Å². The van der Waals surface area contributed by atoms with Crippen LogP contribution in [0.15, 0.2) is 76.3 Å². The van der Waals surface area contributed by atoms with E-state index in [0.29, 0.717) is 43.4 Å². The van der Waals surface area contributed by atoms with Gasteiger partial charge in [0, 0.05) is 36.7 Å². The third kappa shape index (κ3) is 4.70. The van der Waals surface area contributed by atoms with Crippen molar-refractivity contribution in [2.75, 3.05) is 36.5 Å². The van der Waals surface area contributed by atoms with Gasteiger partial charge in [-0.05, 0) is 5.56 Å². The van der Waals surface area contributed by atoms with Crippen LogP contribution in [-0.2, 0) is 16.0 Å². The van der Waals surface area contributed by atoms with Gasteiger partial charge in [-0.1, -0.05) is 59.7 Å². The minimum Gasteiger partial charge on any atom is -0.402 e. The van der Waals surface area contributed by atoms with Gasteiger partial charge >= 0.3 is 6.01 Å². The lowest BCUT2D eigenvalue weighted by Crippen LogP contribution is -2.36. The molecule has 37 heavy (non-hydrogen) atoms. The average molecular weight is 499 g/mol. The number of hydrogen-bond acceptors (Lipinski definition) is 9.